The Morgan fingerprint density at radius 3 is 2.00 bits per heavy atom. The molecule has 1 atom stereocenters. The van der Waals surface area contributed by atoms with Gasteiger partial charge in [-0.2, -0.15) is 13.2 Å². The van der Waals surface area contributed by atoms with Crippen LogP contribution in [0.1, 0.15) is 18.1 Å². The van der Waals surface area contributed by atoms with Crippen molar-refractivity contribution in [1.29, 1.82) is 0 Å². The van der Waals surface area contributed by atoms with Gasteiger partial charge in [0.2, 0.25) is 0 Å². The molecule has 0 saturated heterocycles. The molecule has 1 rings (SSSR count). The summed E-state index contributed by atoms with van der Waals surface area (Å²) in [7, 11) is 0. The van der Waals surface area contributed by atoms with Crippen LogP contribution in [-0.2, 0) is 12.8 Å². The lowest BCUT2D eigenvalue weighted by molar-refractivity contribution is -0.147. The highest BCUT2D eigenvalue weighted by Crippen LogP contribution is 2.21. The van der Waals surface area contributed by atoms with E-state index >= 15 is 0 Å². The Morgan fingerprint density at radius 2 is 1.60 bits per heavy atom. The average Bonchev–Trinajstić information content (AvgIpc) is 2.17. The topological polar surface area (TPSA) is 26.0 Å². The van der Waals surface area contributed by atoms with Crippen LogP contribution in [0.4, 0.5) is 13.2 Å². The van der Waals surface area contributed by atoms with Crippen molar-refractivity contribution in [2.75, 3.05) is 0 Å². The summed E-state index contributed by atoms with van der Waals surface area (Å²) in [5, 5.41) is 0. The number of hydrogen-bond donors (Lipinski definition) is 1. The fourth-order valence-electron chi connectivity index (χ4n) is 1.28. The molecule has 0 aliphatic rings. The zero-order valence-corrected chi connectivity index (χ0v) is 8.51. The number of benzene rings is 1. The normalized spacial score (nSPS) is 13.9. The SMILES string of the molecule is CCc1ccc(CC(N)C(F)(F)F)cc1. The molecule has 0 aliphatic heterocycles. The highest BCUT2D eigenvalue weighted by Gasteiger charge is 2.36. The van der Waals surface area contributed by atoms with Crippen molar-refractivity contribution in [2.24, 2.45) is 5.73 Å². The minimum Gasteiger partial charge on any atom is -0.320 e. The first kappa shape index (κ1) is 12.0. The number of rotatable bonds is 3. The molecule has 0 radical (unpaired) electrons. The summed E-state index contributed by atoms with van der Waals surface area (Å²) in [4.78, 5) is 0. The number of nitrogens with two attached hydrogens (primary N) is 1. The number of aryl methyl sites for hydroxylation is 1. The Labute approximate surface area is 87.1 Å². The van der Waals surface area contributed by atoms with Crippen LogP contribution in [0.2, 0.25) is 0 Å². The van der Waals surface area contributed by atoms with E-state index in [1.165, 1.54) is 0 Å². The summed E-state index contributed by atoms with van der Waals surface area (Å²) >= 11 is 0. The van der Waals surface area contributed by atoms with Crippen LogP contribution in [-0.4, -0.2) is 12.2 Å². The maximum Gasteiger partial charge on any atom is 0.403 e. The zero-order chi connectivity index (χ0) is 11.5. The van der Waals surface area contributed by atoms with Gasteiger partial charge < -0.3 is 5.73 Å². The van der Waals surface area contributed by atoms with Gasteiger partial charge in [0.15, 0.2) is 0 Å². The van der Waals surface area contributed by atoms with Crippen molar-refractivity contribution in [3.05, 3.63) is 35.4 Å². The molecule has 1 aromatic carbocycles. The maximum atomic E-state index is 12.2. The van der Waals surface area contributed by atoms with Crippen LogP contribution in [0, 0.1) is 0 Å². The number of halogens is 3. The molecule has 0 bridgehead atoms. The minimum absolute atomic E-state index is 0.159. The van der Waals surface area contributed by atoms with Crippen LogP contribution in [0.5, 0.6) is 0 Å². The second-order valence-corrected chi connectivity index (χ2v) is 3.52. The third-order valence-electron chi connectivity index (χ3n) is 2.31. The van der Waals surface area contributed by atoms with Crippen molar-refractivity contribution in [3.63, 3.8) is 0 Å². The monoisotopic (exact) mass is 217 g/mol. The molecule has 0 amide bonds. The van der Waals surface area contributed by atoms with Crippen molar-refractivity contribution in [2.45, 2.75) is 32.0 Å². The second kappa shape index (κ2) is 4.66. The smallest absolute Gasteiger partial charge is 0.320 e. The van der Waals surface area contributed by atoms with Gasteiger partial charge in [-0.05, 0) is 24.0 Å². The van der Waals surface area contributed by atoms with Crippen molar-refractivity contribution in [1.82, 2.24) is 0 Å². The van der Waals surface area contributed by atoms with E-state index in [2.05, 4.69) is 0 Å². The first-order valence-corrected chi connectivity index (χ1v) is 4.83. The molecule has 0 fully saturated rings. The van der Waals surface area contributed by atoms with Crippen LogP contribution in [0.25, 0.3) is 0 Å². The lowest BCUT2D eigenvalue weighted by atomic mass is 10.0. The van der Waals surface area contributed by atoms with Gasteiger partial charge in [-0.1, -0.05) is 31.2 Å². The van der Waals surface area contributed by atoms with Crippen LogP contribution < -0.4 is 5.73 Å². The van der Waals surface area contributed by atoms with Gasteiger partial charge in [-0.15, -0.1) is 0 Å². The molecule has 1 nitrogen and oxygen atoms in total. The molecular weight excluding hydrogens is 203 g/mol. The quantitative estimate of drug-likeness (QED) is 0.827. The largest absolute Gasteiger partial charge is 0.403 e. The van der Waals surface area contributed by atoms with Gasteiger partial charge in [-0.3, -0.25) is 0 Å². The number of hydrogen-bond acceptors (Lipinski definition) is 1. The average molecular weight is 217 g/mol. The van der Waals surface area contributed by atoms with Crippen molar-refractivity contribution >= 4 is 0 Å². The molecule has 1 unspecified atom stereocenters. The Morgan fingerprint density at radius 1 is 1.13 bits per heavy atom. The molecular formula is C11H14F3N. The predicted molar refractivity (Wildman–Crippen MR) is 53.6 cm³/mol. The van der Waals surface area contributed by atoms with Gasteiger partial charge in [0.25, 0.3) is 0 Å². The molecule has 0 aromatic heterocycles. The lowest BCUT2D eigenvalue weighted by Crippen LogP contribution is -2.39. The standard InChI is InChI=1S/C11H14F3N/c1-2-8-3-5-9(6-4-8)7-10(15)11(12,13)14/h3-6,10H,2,7,15H2,1H3. The summed E-state index contributed by atoms with van der Waals surface area (Å²) in [6, 6.07) is 5.29. The second-order valence-electron chi connectivity index (χ2n) is 3.52. The van der Waals surface area contributed by atoms with Gasteiger partial charge in [-0.25, -0.2) is 0 Å². The van der Waals surface area contributed by atoms with Gasteiger partial charge in [0.05, 0.1) is 0 Å². The van der Waals surface area contributed by atoms with E-state index < -0.39 is 12.2 Å². The minimum atomic E-state index is -4.32. The Bertz CT molecular complexity index is 303. The Balaban J connectivity index is 2.65. The van der Waals surface area contributed by atoms with Crippen LogP contribution >= 0.6 is 0 Å². The fraction of sp³-hybridized carbons (Fsp3) is 0.455. The highest BCUT2D eigenvalue weighted by molar-refractivity contribution is 5.23. The molecule has 0 spiro atoms. The first-order valence-electron chi connectivity index (χ1n) is 4.83. The third kappa shape index (κ3) is 3.55. The lowest BCUT2D eigenvalue weighted by Gasteiger charge is -2.15. The summed E-state index contributed by atoms with van der Waals surface area (Å²) in [5.74, 6) is 0. The highest BCUT2D eigenvalue weighted by atomic mass is 19.4. The summed E-state index contributed by atoms with van der Waals surface area (Å²) < 4.78 is 36.5. The van der Waals surface area contributed by atoms with E-state index in [4.69, 9.17) is 5.73 Å². The van der Waals surface area contributed by atoms with E-state index in [0.29, 0.717) is 5.56 Å². The van der Waals surface area contributed by atoms with Gasteiger partial charge in [0.1, 0.15) is 6.04 Å². The summed E-state index contributed by atoms with van der Waals surface area (Å²) in [6.45, 7) is 2.00. The van der Waals surface area contributed by atoms with Crippen LogP contribution in [0.15, 0.2) is 24.3 Å². The Kier molecular flexibility index (Phi) is 3.74. The molecule has 15 heavy (non-hydrogen) atoms. The molecule has 4 heteroatoms. The zero-order valence-electron chi connectivity index (χ0n) is 8.51. The fourth-order valence-corrected chi connectivity index (χ4v) is 1.28. The maximum absolute atomic E-state index is 12.2. The van der Waals surface area contributed by atoms with E-state index in [9.17, 15) is 13.2 Å². The van der Waals surface area contributed by atoms with Gasteiger partial charge in [0, 0.05) is 0 Å². The molecule has 0 saturated carbocycles. The first-order chi connectivity index (χ1) is 6.93. The van der Waals surface area contributed by atoms with E-state index in [1.807, 2.05) is 19.1 Å². The van der Waals surface area contributed by atoms with Crippen LogP contribution in [0.3, 0.4) is 0 Å². The van der Waals surface area contributed by atoms with Gasteiger partial charge >= 0.3 is 6.18 Å². The molecule has 84 valence electrons. The summed E-state index contributed by atoms with van der Waals surface area (Å²) in [6.07, 6.45) is -3.59. The summed E-state index contributed by atoms with van der Waals surface area (Å²) in [5.41, 5.74) is 6.76. The van der Waals surface area contributed by atoms with E-state index in [-0.39, 0.29) is 6.42 Å². The third-order valence-corrected chi connectivity index (χ3v) is 2.31. The Hall–Kier alpha value is -1.03. The molecule has 1 aromatic rings. The van der Waals surface area contributed by atoms with E-state index in [1.54, 1.807) is 12.1 Å². The van der Waals surface area contributed by atoms with E-state index in [0.717, 1.165) is 12.0 Å². The molecule has 2 N–H and O–H groups in total. The molecule has 0 aliphatic carbocycles. The predicted octanol–water partition coefficient (Wildman–Crippen LogP) is 2.68. The van der Waals surface area contributed by atoms with Crippen molar-refractivity contribution < 1.29 is 13.2 Å². The number of alkyl halides is 3. The molecule has 0 heterocycles. The van der Waals surface area contributed by atoms with Crippen molar-refractivity contribution in [3.8, 4) is 0 Å².